The Labute approximate surface area is 216 Å². The fourth-order valence-electron chi connectivity index (χ4n) is 5.59. The summed E-state index contributed by atoms with van der Waals surface area (Å²) in [6, 6.07) is 6.99. The van der Waals surface area contributed by atoms with Crippen LogP contribution < -0.4 is 0 Å². The average molecular weight is 520 g/mol. The number of sulfonamides is 1. The van der Waals surface area contributed by atoms with E-state index >= 15 is 0 Å². The first kappa shape index (κ1) is 27.2. The summed E-state index contributed by atoms with van der Waals surface area (Å²) < 4.78 is 33.8. The summed E-state index contributed by atoms with van der Waals surface area (Å²) in [7, 11) is -3.24. The topological polar surface area (TPSA) is 87.2 Å². The van der Waals surface area contributed by atoms with Gasteiger partial charge >= 0.3 is 0 Å². The quantitative estimate of drug-likeness (QED) is 0.276. The van der Waals surface area contributed by atoms with Gasteiger partial charge in [0.15, 0.2) is 0 Å². The molecule has 0 unspecified atom stereocenters. The standard InChI is InChI=1S/C27H41N3O5S/c31-26-24-13-6-7-14-25(24)27(32)30(26)18-9-3-1-2-8-16-29(36(33,34)23-11-4-5-12-23)17-10-15-28-19-21-35-22-20-28/h6-7,13-14,23H,1-5,8-12,15-22H2. The number of imide groups is 1. The van der Waals surface area contributed by atoms with E-state index in [4.69, 9.17) is 4.74 Å². The fourth-order valence-corrected chi connectivity index (χ4v) is 7.71. The Morgan fingerprint density at radius 2 is 1.39 bits per heavy atom. The zero-order valence-electron chi connectivity index (χ0n) is 21.4. The van der Waals surface area contributed by atoms with E-state index in [0.29, 0.717) is 30.8 Å². The van der Waals surface area contributed by atoms with Gasteiger partial charge in [-0.1, -0.05) is 44.2 Å². The Bertz CT molecular complexity index is 952. The lowest BCUT2D eigenvalue weighted by Gasteiger charge is -2.29. The maximum Gasteiger partial charge on any atom is 0.261 e. The number of fused-ring (bicyclic) bond motifs is 1. The van der Waals surface area contributed by atoms with Crippen molar-refractivity contribution in [2.45, 2.75) is 69.5 Å². The van der Waals surface area contributed by atoms with Gasteiger partial charge in [-0.3, -0.25) is 19.4 Å². The number of hydrogen-bond donors (Lipinski definition) is 0. The second-order valence-corrected chi connectivity index (χ2v) is 12.4. The molecule has 200 valence electrons. The number of nitrogens with zero attached hydrogens (tertiary/aromatic N) is 3. The Morgan fingerprint density at radius 3 is 2.06 bits per heavy atom. The summed E-state index contributed by atoms with van der Waals surface area (Å²) in [4.78, 5) is 28.7. The SMILES string of the molecule is O=C1c2ccccc2C(=O)N1CCCCCCCN(CCCN1CCOCC1)S(=O)(=O)C1CCCC1. The zero-order valence-corrected chi connectivity index (χ0v) is 22.2. The lowest BCUT2D eigenvalue weighted by molar-refractivity contribution is 0.0369. The highest BCUT2D eigenvalue weighted by atomic mass is 32.2. The average Bonchev–Trinajstić information content (AvgIpc) is 3.52. The lowest BCUT2D eigenvalue weighted by atomic mass is 10.1. The highest BCUT2D eigenvalue weighted by Crippen LogP contribution is 2.28. The zero-order chi connectivity index (χ0) is 25.4. The van der Waals surface area contributed by atoms with Gasteiger partial charge in [0, 0.05) is 32.7 Å². The van der Waals surface area contributed by atoms with Gasteiger partial charge < -0.3 is 4.74 Å². The van der Waals surface area contributed by atoms with Crippen LogP contribution in [0.5, 0.6) is 0 Å². The molecule has 1 aromatic rings. The lowest BCUT2D eigenvalue weighted by Crippen LogP contribution is -2.41. The van der Waals surface area contributed by atoms with E-state index in [1.165, 1.54) is 4.90 Å². The largest absolute Gasteiger partial charge is 0.379 e. The molecular formula is C27H41N3O5S. The molecule has 0 radical (unpaired) electrons. The molecular weight excluding hydrogens is 478 g/mol. The van der Waals surface area contributed by atoms with Crippen molar-refractivity contribution < 1.29 is 22.7 Å². The highest BCUT2D eigenvalue weighted by Gasteiger charge is 2.35. The molecule has 0 spiro atoms. The molecule has 9 heteroatoms. The Kier molecular flexibility index (Phi) is 9.93. The van der Waals surface area contributed by atoms with Crippen molar-refractivity contribution >= 4 is 21.8 Å². The number of benzene rings is 1. The van der Waals surface area contributed by atoms with Crippen LogP contribution in [0.25, 0.3) is 0 Å². The normalized spacial score (nSPS) is 19.5. The van der Waals surface area contributed by atoms with Crippen LogP contribution in [0.4, 0.5) is 0 Å². The third-order valence-corrected chi connectivity index (χ3v) is 10.1. The molecule has 2 heterocycles. The van der Waals surface area contributed by atoms with Gasteiger partial charge in [0.1, 0.15) is 0 Å². The molecule has 0 atom stereocenters. The minimum absolute atomic E-state index is 0.194. The number of unbranched alkanes of at least 4 members (excludes halogenated alkanes) is 4. The summed E-state index contributed by atoms with van der Waals surface area (Å²) in [5.74, 6) is -0.388. The van der Waals surface area contributed by atoms with Gasteiger partial charge in [-0.25, -0.2) is 12.7 Å². The van der Waals surface area contributed by atoms with Crippen molar-refractivity contribution in [1.82, 2.24) is 14.1 Å². The maximum absolute atomic E-state index is 13.3. The van der Waals surface area contributed by atoms with E-state index < -0.39 is 10.0 Å². The molecule has 3 aliphatic rings. The van der Waals surface area contributed by atoms with E-state index in [2.05, 4.69) is 4.90 Å². The summed E-state index contributed by atoms with van der Waals surface area (Å²) in [5.41, 5.74) is 0.999. The van der Waals surface area contributed by atoms with Crippen molar-refractivity contribution in [2.24, 2.45) is 0 Å². The van der Waals surface area contributed by atoms with Crippen molar-refractivity contribution in [3.63, 3.8) is 0 Å². The van der Waals surface area contributed by atoms with Crippen LogP contribution in [0.15, 0.2) is 24.3 Å². The predicted octanol–water partition coefficient (Wildman–Crippen LogP) is 3.53. The van der Waals surface area contributed by atoms with Crippen LogP contribution in [0, 0.1) is 0 Å². The minimum atomic E-state index is -3.24. The molecule has 1 aliphatic carbocycles. The van der Waals surface area contributed by atoms with Crippen molar-refractivity contribution in [2.75, 3.05) is 52.5 Å². The number of amides is 2. The van der Waals surface area contributed by atoms with E-state index in [1.807, 2.05) is 0 Å². The monoisotopic (exact) mass is 519 g/mol. The van der Waals surface area contributed by atoms with Crippen molar-refractivity contribution in [3.05, 3.63) is 35.4 Å². The molecule has 0 aromatic heterocycles. The van der Waals surface area contributed by atoms with Crippen LogP contribution in [0.3, 0.4) is 0 Å². The fraction of sp³-hybridized carbons (Fsp3) is 0.704. The molecule has 8 nitrogen and oxygen atoms in total. The van der Waals surface area contributed by atoms with Crippen LogP contribution >= 0.6 is 0 Å². The molecule has 2 fully saturated rings. The second kappa shape index (κ2) is 13.1. The summed E-state index contributed by atoms with van der Waals surface area (Å²) in [6.45, 7) is 5.91. The number of rotatable bonds is 14. The first-order valence-corrected chi connectivity index (χ1v) is 15.2. The third kappa shape index (κ3) is 6.73. The molecule has 0 N–H and O–H groups in total. The third-order valence-electron chi connectivity index (χ3n) is 7.74. The molecule has 36 heavy (non-hydrogen) atoms. The summed E-state index contributed by atoms with van der Waals surface area (Å²) in [6.07, 6.45) is 8.91. The molecule has 1 aromatic carbocycles. The number of carbonyl (C=O) groups excluding carboxylic acids is 2. The molecule has 1 saturated heterocycles. The Balaban J connectivity index is 1.17. The molecule has 1 saturated carbocycles. The van der Waals surface area contributed by atoms with E-state index in [1.54, 1.807) is 28.6 Å². The summed E-state index contributed by atoms with van der Waals surface area (Å²) >= 11 is 0. The molecule has 2 aliphatic heterocycles. The smallest absolute Gasteiger partial charge is 0.261 e. The van der Waals surface area contributed by atoms with Gasteiger partial charge in [-0.05, 0) is 50.8 Å². The van der Waals surface area contributed by atoms with Gasteiger partial charge in [0.2, 0.25) is 10.0 Å². The first-order chi connectivity index (χ1) is 17.5. The van der Waals surface area contributed by atoms with Crippen molar-refractivity contribution in [1.29, 1.82) is 0 Å². The molecule has 0 bridgehead atoms. The van der Waals surface area contributed by atoms with Gasteiger partial charge in [-0.2, -0.15) is 0 Å². The number of carbonyl (C=O) groups is 2. The second-order valence-electron chi connectivity index (χ2n) is 10.2. The van der Waals surface area contributed by atoms with Crippen LogP contribution in [0.1, 0.15) is 84.9 Å². The molecule has 4 rings (SSSR count). The van der Waals surface area contributed by atoms with Crippen LogP contribution in [-0.2, 0) is 14.8 Å². The summed E-state index contributed by atoms with van der Waals surface area (Å²) in [5, 5.41) is -0.208. The van der Waals surface area contributed by atoms with Crippen LogP contribution in [-0.4, -0.2) is 92.1 Å². The highest BCUT2D eigenvalue weighted by molar-refractivity contribution is 7.89. The Hall–Kier alpha value is -1.81. The minimum Gasteiger partial charge on any atom is -0.379 e. The number of morpholine rings is 1. The van der Waals surface area contributed by atoms with Crippen LogP contribution in [0.2, 0.25) is 0 Å². The predicted molar refractivity (Wildman–Crippen MR) is 140 cm³/mol. The Morgan fingerprint density at radius 1 is 0.806 bits per heavy atom. The maximum atomic E-state index is 13.3. The molecule has 2 amide bonds. The van der Waals surface area contributed by atoms with Gasteiger partial charge in [0.25, 0.3) is 11.8 Å². The van der Waals surface area contributed by atoms with E-state index in [-0.39, 0.29) is 17.1 Å². The first-order valence-electron chi connectivity index (χ1n) is 13.7. The van der Waals surface area contributed by atoms with Gasteiger partial charge in [0.05, 0.1) is 29.6 Å². The van der Waals surface area contributed by atoms with E-state index in [0.717, 1.165) is 97.1 Å². The van der Waals surface area contributed by atoms with Crippen molar-refractivity contribution in [3.8, 4) is 0 Å². The number of hydrogen-bond acceptors (Lipinski definition) is 6. The van der Waals surface area contributed by atoms with E-state index in [9.17, 15) is 18.0 Å². The van der Waals surface area contributed by atoms with Gasteiger partial charge in [-0.15, -0.1) is 0 Å². The number of ether oxygens (including phenoxy) is 1.